The maximum absolute atomic E-state index is 13.6. The molecule has 3 fully saturated rings. The van der Waals surface area contributed by atoms with Crippen molar-refractivity contribution in [2.75, 3.05) is 31.1 Å². The molecular formula is C28H31FN6O2. The van der Waals surface area contributed by atoms with Crippen molar-refractivity contribution in [3.05, 3.63) is 64.0 Å². The SMILES string of the molecule is C=Nc1nc(C(=O)NC2CC2)ccc1N1CCC(N2CCC(c3cc4ccc(F)cc4c(=O)[nH]3)C2)CC1. The number of benzene rings is 1. The lowest BCUT2D eigenvalue weighted by Crippen LogP contribution is -2.44. The molecule has 3 aromatic rings. The Morgan fingerprint density at radius 1 is 1.08 bits per heavy atom. The molecule has 192 valence electrons. The molecule has 0 spiro atoms. The predicted molar refractivity (Wildman–Crippen MR) is 143 cm³/mol. The quantitative estimate of drug-likeness (QED) is 0.501. The summed E-state index contributed by atoms with van der Waals surface area (Å²) in [5.41, 5.74) is 2.01. The summed E-state index contributed by atoms with van der Waals surface area (Å²) in [5, 5.41) is 4.14. The smallest absolute Gasteiger partial charge is 0.270 e. The van der Waals surface area contributed by atoms with Gasteiger partial charge in [-0.25, -0.2) is 14.4 Å². The first-order valence-electron chi connectivity index (χ1n) is 13.1. The summed E-state index contributed by atoms with van der Waals surface area (Å²) in [6, 6.07) is 10.8. The number of aliphatic imine (C=N–C) groups is 1. The molecule has 3 aliphatic rings. The molecule has 0 bridgehead atoms. The fourth-order valence-corrected chi connectivity index (χ4v) is 5.74. The average Bonchev–Trinajstić information content (AvgIpc) is 3.59. The molecule has 2 aliphatic heterocycles. The number of H-pyrrole nitrogens is 1. The van der Waals surface area contributed by atoms with Gasteiger partial charge in [-0.1, -0.05) is 6.07 Å². The molecule has 2 aromatic heterocycles. The van der Waals surface area contributed by atoms with Crippen LogP contribution in [0.3, 0.4) is 0 Å². The monoisotopic (exact) mass is 502 g/mol. The predicted octanol–water partition coefficient (Wildman–Crippen LogP) is 3.74. The Morgan fingerprint density at radius 3 is 2.65 bits per heavy atom. The van der Waals surface area contributed by atoms with E-state index in [4.69, 9.17) is 0 Å². The minimum absolute atomic E-state index is 0.152. The van der Waals surface area contributed by atoms with Crippen LogP contribution in [-0.2, 0) is 0 Å². The van der Waals surface area contributed by atoms with Gasteiger partial charge < -0.3 is 15.2 Å². The van der Waals surface area contributed by atoms with Crippen molar-refractivity contribution in [1.29, 1.82) is 0 Å². The Morgan fingerprint density at radius 2 is 1.89 bits per heavy atom. The van der Waals surface area contributed by atoms with E-state index in [1.165, 1.54) is 12.1 Å². The average molecular weight is 503 g/mol. The van der Waals surface area contributed by atoms with Crippen molar-refractivity contribution in [3.8, 4) is 0 Å². The second-order valence-electron chi connectivity index (χ2n) is 10.4. The van der Waals surface area contributed by atoms with Gasteiger partial charge in [-0.15, -0.1) is 0 Å². The molecule has 1 amide bonds. The van der Waals surface area contributed by atoms with Crippen LogP contribution in [0.4, 0.5) is 15.9 Å². The van der Waals surface area contributed by atoms with E-state index in [-0.39, 0.29) is 23.4 Å². The number of amides is 1. The topological polar surface area (TPSA) is 93.7 Å². The molecule has 1 saturated carbocycles. The number of hydrogen-bond acceptors (Lipinski definition) is 6. The number of aromatic amines is 1. The van der Waals surface area contributed by atoms with Gasteiger partial charge in [-0.3, -0.25) is 14.5 Å². The summed E-state index contributed by atoms with van der Waals surface area (Å²) in [5.74, 6) is 0.214. The third kappa shape index (κ3) is 4.87. The van der Waals surface area contributed by atoms with Crippen molar-refractivity contribution >= 4 is 34.9 Å². The van der Waals surface area contributed by atoms with Crippen molar-refractivity contribution in [2.45, 2.75) is 50.1 Å². The fourth-order valence-electron chi connectivity index (χ4n) is 5.74. The maximum atomic E-state index is 13.6. The van der Waals surface area contributed by atoms with Crippen molar-refractivity contribution < 1.29 is 9.18 Å². The molecule has 1 unspecified atom stereocenters. The molecule has 1 aromatic carbocycles. The van der Waals surface area contributed by atoms with Crippen LogP contribution in [0.25, 0.3) is 10.8 Å². The highest BCUT2D eigenvalue weighted by Gasteiger charge is 2.33. The minimum atomic E-state index is -0.397. The number of rotatable bonds is 6. The van der Waals surface area contributed by atoms with Gasteiger partial charge in [0.25, 0.3) is 11.5 Å². The standard InChI is InChI=1S/C28H31FN6O2/c1-30-26-25(7-6-23(32-26)28(37)31-20-4-5-20)34-12-9-21(10-13-34)35-11-8-18(16-35)24-14-17-2-3-19(29)15-22(17)27(36)33-24/h2-3,6-7,14-15,18,20-21H,1,4-5,8-13,16H2,(H,31,37)(H,33,36). The number of carbonyl (C=O) groups is 1. The zero-order valence-corrected chi connectivity index (χ0v) is 20.8. The van der Waals surface area contributed by atoms with E-state index in [1.54, 1.807) is 12.1 Å². The molecule has 2 saturated heterocycles. The molecular weight excluding hydrogens is 471 g/mol. The van der Waals surface area contributed by atoms with Crippen molar-refractivity contribution in [1.82, 2.24) is 20.2 Å². The molecule has 8 nitrogen and oxygen atoms in total. The summed E-state index contributed by atoms with van der Waals surface area (Å²) < 4.78 is 13.6. The van der Waals surface area contributed by atoms with Gasteiger partial charge in [0.1, 0.15) is 11.5 Å². The number of hydrogen-bond donors (Lipinski definition) is 2. The largest absolute Gasteiger partial charge is 0.368 e. The summed E-state index contributed by atoms with van der Waals surface area (Å²) in [7, 11) is 0. The van der Waals surface area contributed by atoms with Crippen LogP contribution < -0.4 is 15.8 Å². The minimum Gasteiger partial charge on any atom is -0.368 e. The highest BCUT2D eigenvalue weighted by Crippen LogP contribution is 2.34. The second kappa shape index (κ2) is 9.70. The van der Waals surface area contributed by atoms with Crippen molar-refractivity contribution in [3.63, 3.8) is 0 Å². The third-order valence-corrected chi connectivity index (χ3v) is 7.96. The highest BCUT2D eigenvalue weighted by molar-refractivity contribution is 5.93. The maximum Gasteiger partial charge on any atom is 0.270 e. The number of anilines is 1. The molecule has 9 heteroatoms. The Balaban J connectivity index is 1.09. The summed E-state index contributed by atoms with van der Waals surface area (Å²) in [6.45, 7) is 7.33. The van der Waals surface area contributed by atoms with Gasteiger partial charge in [0, 0.05) is 48.7 Å². The fraction of sp³-hybridized carbons (Fsp3) is 0.429. The Hall–Kier alpha value is -3.59. The van der Waals surface area contributed by atoms with Gasteiger partial charge in [-0.2, -0.15) is 0 Å². The van der Waals surface area contributed by atoms with Crippen LogP contribution >= 0.6 is 0 Å². The number of carbonyl (C=O) groups excluding carboxylic acids is 1. The number of piperidine rings is 1. The zero-order valence-electron chi connectivity index (χ0n) is 20.8. The van der Waals surface area contributed by atoms with E-state index >= 15 is 0 Å². The van der Waals surface area contributed by atoms with Gasteiger partial charge in [0.05, 0.1) is 5.69 Å². The lowest BCUT2D eigenvalue weighted by Gasteiger charge is -2.38. The second-order valence-corrected chi connectivity index (χ2v) is 10.4. The van der Waals surface area contributed by atoms with Crippen LogP contribution in [0.1, 0.15) is 54.2 Å². The van der Waals surface area contributed by atoms with Crippen LogP contribution in [0.15, 0.2) is 46.2 Å². The third-order valence-electron chi connectivity index (χ3n) is 7.96. The van der Waals surface area contributed by atoms with Crippen LogP contribution in [0.2, 0.25) is 0 Å². The number of halogens is 1. The summed E-state index contributed by atoms with van der Waals surface area (Å²) >= 11 is 0. The number of fused-ring (bicyclic) bond motifs is 1. The van der Waals surface area contributed by atoms with Crippen LogP contribution in [0.5, 0.6) is 0 Å². The van der Waals surface area contributed by atoms with Gasteiger partial charge in [0.2, 0.25) is 0 Å². The summed E-state index contributed by atoms with van der Waals surface area (Å²) in [6.07, 6.45) is 5.08. The van der Waals surface area contributed by atoms with E-state index in [9.17, 15) is 14.0 Å². The van der Waals surface area contributed by atoms with Gasteiger partial charge in [-0.05, 0) is 81.1 Å². The molecule has 6 rings (SSSR count). The van der Waals surface area contributed by atoms with Gasteiger partial charge in [0.15, 0.2) is 5.82 Å². The Kier molecular flexibility index (Phi) is 6.24. The number of nitrogens with zero attached hydrogens (tertiary/aromatic N) is 4. The summed E-state index contributed by atoms with van der Waals surface area (Å²) in [4.78, 5) is 41.3. The lowest BCUT2D eigenvalue weighted by molar-refractivity contribution is 0.0946. The number of likely N-dealkylation sites (tertiary alicyclic amines) is 1. The van der Waals surface area contributed by atoms with E-state index in [2.05, 4.69) is 36.8 Å². The van der Waals surface area contributed by atoms with E-state index in [0.717, 1.165) is 75.1 Å². The van der Waals surface area contributed by atoms with Crippen molar-refractivity contribution in [2.24, 2.45) is 4.99 Å². The first kappa shape index (κ1) is 23.8. The molecule has 37 heavy (non-hydrogen) atoms. The normalized spacial score (nSPS) is 20.9. The highest BCUT2D eigenvalue weighted by atomic mass is 19.1. The number of pyridine rings is 2. The van der Waals surface area contributed by atoms with E-state index in [1.807, 2.05) is 12.1 Å². The van der Waals surface area contributed by atoms with Crippen LogP contribution in [0, 0.1) is 5.82 Å². The molecule has 0 radical (unpaired) electrons. The zero-order chi connectivity index (χ0) is 25.5. The first-order valence-corrected chi connectivity index (χ1v) is 13.1. The first-order chi connectivity index (χ1) is 18.0. The van der Waals surface area contributed by atoms with E-state index < -0.39 is 5.82 Å². The Labute approximate surface area is 214 Å². The number of aromatic nitrogens is 2. The Bertz CT molecular complexity index is 1410. The lowest BCUT2D eigenvalue weighted by atomic mass is 10.0. The van der Waals surface area contributed by atoms with Crippen LogP contribution in [-0.4, -0.2) is 65.8 Å². The molecule has 2 N–H and O–H groups in total. The molecule has 1 aliphatic carbocycles. The van der Waals surface area contributed by atoms with Gasteiger partial charge >= 0.3 is 0 Å². The molecule has 4 heterocycles. The molecule has 1 atom stereocenters. The van der Waals surface area contributed by atoms with E-state index in [0.29, 0.717) is 22.9 Å². The number of nitrogens with one attached hydrogen (secondary N) is 2.